The maximum atomic E-state index is 10.3. The van der Waals surface area contributed by atoms with Crippen molar-refractivity contribution in [1.29, 1.82) is 0 Å². The molecule has 0 unspecified atom stereocenters. The van der Waals surface area contributed by atoms with E-state index in [4.69, 9.17) is 4.74 Å². The lowest BCUT2D eigenvalue weighted by Gasteiger charge is -2.38. The number of rotatable bonds is 6. The second-order valence-electron chi connectivity index (χ2n) is 7.71. The van der Waals surface area contributed by atoms with E-state index in [0.29, 0.717) is 24.5 Å². The summed E-state index contributed by atoms with van der Waals surface area (Å²) in [6, 6.07) is 0. The molecule has 3 nitrogen and oxygen atoms in total. The molecule has 2 aliphatic rings. The van der Waals surface area contributed by atoms with Gasteiger partial charge in [-0.1, -0.05) is 33.6 Å². The molecular weight excluding hydrogens is 262 g/mol. The summed E-state index contributed by atoms with van der Waals surface area (Å²) in [4.78, 5) is 2.39. The minimum atomic E-state index is -0.326. The molecule has 124 valence electrons. The third-order valence-corrected chi connectivity index (χ3v) is 5.38. The Morgan fingerprint density at radius 1 is 1.14 bits per heavy atom. The molecule has 0 bridgehead atoms. The molecule has 1 heterocycles. The number of β-amino-alcohol motifs (C(OH)–C–C–N with tert-alkyl or cyclic N) is 1. The molecule has 2 fully saturated rings. The van der Waals surface area contributed by atoms with E-state index in [1.807, 2.05) is 0 Å². The van der Waals surface area contributed by atoms with Crippen molar-refractivity contribution < 1.29 is 9.84 Å². The first-order valence-corrected chi connectivity index (χ1v) is 9.08. The van der Waals surface area contributed by atoms with Crippen molar-refractivity contribution in [1.82, 2.24) is 4.90 Å². The zero-order valence-corrected chi connectivity index (χ0v) is 14.3. The van der Waals surface area contributed by atoms with E-state index in [1.54, 1.807) is 0 Å². The van der Waals surface area contributed by atoms with E-state index < -0.39 is 0 Å². The summed E-state index contributed by atoms with van der Waals surface area (Å²) in [5, 5.41) is 10.3. The van der Waals surface area contributed by atoms with Gasteiger partial charge in [-0.05, 0) is 56.5 Å². The van der Waals surface area contributed by atoms with Gasteiger partial charge in [0.1, 0.15) is 0 Å². The molecule has 1 N–H and O–H groups in total. The summed E-state index contributed by atoms with van der Waals surface area (Å²) < 4.78 is 6.15. The first-order chi connectivity index (χ1) is 10.1. The summed E-state index contributed by atoms with van der Waals surface area (Å²) in [7, 11) is 0. The molecule has 1 aliphatic carbocycles. The van der Waals surface area contributed by atoms with Crippen LogP contribution < -0.4 is 0 Å². The standard InChI is InChI=1S/C18H35NO2/c1-14(2)17-8-7-15(3)11-18(17)21-13-16(20)12-19-9-5-4-6-10-19/h14-18,20H,4-13H2,1-3H3/t15-,16+,17+,18+/m0/s1. The maximum absolute atomic E-state index is 10.3. The third-order valence-electron chi connectivity index (χ3n) is 5.38. The molecule has 2 rings (SSSR count). The van der Waals surface area contributed by atoms with E-state index in [-0.39, 0.29) is 6.10 Å². The fraction of sp³-hybridized carbons (Fsp3) is 1.00. The lowest BCUT2D eigenvalue weighted by molar-refractivity contribution is -0.0744. The van der Waals surface area contributed by atoms with E-state index >= 15 is 0 Å². The molecule has 0 amide bonds. The fourth-order valence-corrected chi connectivity index (χ4v) is 4.03. The molecule has 4 atom stereocenters. The minimum Gasteiger partial charge on any atom is -0.389 e. The van der Waals surface area contributed by atoms with Crippen LogP contribution in [0.15, 0.2) is 0 Å². The van der Waals surface area contributed by atoms with Crippen molar-refractivity contribution in [3.05, 3.63) is 0 Å². The fourth-order valence-electron chi connectivity index (χ4n) is 4.03. The SMILES string of the molecule is CC(C)[C@H]1CC[C@H](C)C[C@H]1OC[C@H](O)CN1CCCCC1. The number of aliphatic hydroxyl groups is 1. The number of nitrogens with zero attached hydrogens (tertiary/aromatic N) is 1. The summed E-state index contributed by atoms with van der Waals surface area (Å²) in [6.07, 6.45) is 7.72. The summed E-state index contributed by atoms with van der Waals surface area (Å²) in [6.45, 7) is 10.5. The average molecular weight is 297 g/mol. The number of aliphatic hydroxyl groups excluding tert-OH is 1. The molecule has 1 aliphatic heterocycles. The number of piperidine rings is 1. The van der Waals surface area contributed by atoms with Gasteiger partial charge in [0.05, 0.1) is 18.8 Å². The molecule has 1 saturated heterocycles. The quantitative estimate of drug-likeness (QED) is 0.816. The van der Waals surface area contributed by atoms with E-state index in [0.717, 1.165) is 25.6 Å². The lowest BCUT2D eigenvalue weighted by atomic mass is 9.75. The van der Waals surface area contributed by atoms with Crippen molar-refractivity contribution in [3.8, 4) is 0 Å². The summed E-state index contributed by atoms with van der Waals surface area (Å²) in [5.74, 6) is 2.12. The predicted octanol–water partition coefficient (Wildman–Crippen LogP) is 3.31. The Bertz CT molecular complexity index is 289. The van der Waals surface area contributed by atoms with Crippen LogP contribution in [0, 0.1) is 17.8 Å². The first-order valence-electron chi connectivity index (χ1n) is 9.08. The van der Waals surface area contributed by atoms with Crippen LogP contribution in [0.2, 0.25) is 0 Å². The summed E-state index contributed by atoms with van der Waals surface area (Å²) in [5.41, 5.74) is 0. The van der Waals surface area contributed by atoms with E-state index in [2.05, 4.69) is 25.7 Å². The highest BCUT2D eigenvalue weighted by Gasteiger charge is 2.31. The highest BCUT2D eigenvalue weighted by molar-refractivity contribution is 4.82. The van der Waals surface area contributed by atoms with Crippen LogP contribution in [0.4, 0.5) is 0 Å². The Morgan fingerprint density at radius 3 is 2.52 bits per heavy atom. The van der Waals surface area contributed by atoms with Gasteiger partial charge < -0.3 is 14.7 Å². The van der Waals surface area contributed by atoms with Crippen molar-refractivity contribution in [2.75, 3.05) is 26.2 Å². The van der Waals surface area contributed by atoms with Gasteiger partial charge in [0.25, 0.3) is 0 Å². The van der Waals surface area contributed by atoms with Gasteiger partial charge in [-0.3, -0.25) is 0 Å². The van der Waals surface area contributed by atoms with Gasteiger partial charge in [-0.15, -0.1) is 0 Å². The van der Waals surface area contributed by atoms with Gasteiger partial charge in [-0.25, -0.2) is 0 Å². The second-order valence-corrected chi connectivity index (χ2v) is 7.71. The molecular formula is C18H35NO2. The van der Waals surface area contributed by atoms with Gasteiger partial charge in [-0.2, -0.15) is 0 Å². The molecule has 1 saturated carbocycles. The first kappa shape index (κ1) is 17.2. The van der Waals surface area contributed by atoms with Gasteiger partial charge in [0.15, 0.2) is 0 Å². The van der Waals surface area contributed by atoms with Crippen LogP contribution in [0.1, 0.15) is 59.3 Å². The molecule has 0 aromatic carbocycles. The third kappa shape index (κ3) is 5.54. The van der Waals surface area contributed by atoms with Crippen molar-refractivity contribution in [2.45, 2.75) is 71.5 Å². The molecule has 3 heteroatoms. The predicted molar refractivity (Wildman–Crippen MR) is 87.4 cm³/mol. The lowest BCUT2D eigenvalue weighted by Crippen LogP contribution is -2.40. The number of likely N-dealkylation sites (tertiary alicyclic amines) is 1. The van der Waals surface area contributed by atoms with Crippen molar-refractivity contribution in [3.63, 3.8) is 0 Å². The molecule has 0 aromatic heterocycles. The van der Waals surface area contributed by atoms with Gasteiger partial charge >= 0.3 is 0 Å². The van der Waals surface area contributed by atoms with E-state index in [1.165, 1.54) is 38.5 Å². The Labute approximate surface area is 131 Å². The van der Waals surface area contributed by atoms with Crippen LogP contribution in [0.3, 0.4) is 0 Å². The number of ether oxygens (including phenoxy) is 1. The zero-order valence-electron chi connectivity index (χ0n) is 14.3. The monoisotopic (exact) mass is 297 g/mol. The van der Waals surface area contributed by atoms with Crippen LogP contribution in [-0.2, 0) is 4.74 Å². The van der Waals surface area contributed by atoms with E-state index in [9.17, 15) is 5.11 Å². The van der Waals surface area contributed by atoms with Gasteiger partial charge in [0.2, 0.25) is 0 Å². The molecule has 0 aromatic rings. The van der Waals surface area contributed by atoms with Crippen LogP contribution >= 0.6 is 0 Å². The second kappa shape index (κ2) is 8.50. The largest absolute Gasteiger partial charge is 0.389 e. The molecule has 21 heavy (non-hydrogen) atoms. The Balaban J connectivity index is 1.73. The normalized spacial score (nSPS) is 33.3. The van der Waals surface area contributed by atoms with Crippen LogP contribution in [0.25, 0.3) is 0 Å². The highest BCUT2D eigenvalue weighted by Crippen LogP contribution is 2.35. The number of hydrogen-bond acceptors (Lipinski definition) is 3. The molecule has 0 radical (unpaired) electrons. The summed E-state index contributed by atoms with van der Waals surface area (Å²) >= 11 is 0. The van der Waals surface area contributed by atoms with Gasteiger partial charge in [0, 0.05) is 6.54 Å². The molecule has 0 spiro atoms. The van der Waals surface area contributed by atoms with Crippen molar-refractivity contribution >= 4 is 0 Å². The topological polar surface area (TPSA) is 32.7 Å². The average Bonchev–Trinajstić information content (AvgIpc) is 2.46. The Hall–Kier alpha value is -0.120. The Morgan fingerprint density at radius 2 is 1.86 bits per heavy atom. The Kier molecular flexibility index (Phi) is 6.97. The zero-order chi connectivity index (χ0) is 15.2. The van der Waals surface area contributed by atoms with Crippen molar-refractivity contribution in [2.24, 2.45) is 17.8 Å². The smallest absolute Gasteiger partial charge is 0.0900 e. The van der Waals surface area contributed by atoms with Crippen LogP contribution in [0.5, 0.6) is 0 Å². The minimum absolute atomic E-state index is 0.326. The maximum Gasteiger partial charge on any atom is 0.0900 e. The highest BCUT2D eigenvalue weighted by atomic mass is 16.5. The number of hydrogen-bond donors (Lipinski definition) is 1. The van der Waals surface area contributed by atoms with Crippen LogP contribution in [-0.4, -0.2) is 48.5 Å².